The van der Waals surface area contributed by atoms with Gasteiger partial charge in [0.2, 0.25) is 0 Å². The van der Waals surface area contributed by atoms with E-state index in [1.54, 1.807) is 11.9 Å². The Hall–Kier alpha value is -0.240. The van der Waals surface area contributed by atoms with Gasteiger partial charge in [0, 0.05) is 6.21 Å². The number of nitrogens with zero attached hydrogens (tertiary/aromatic N) is 1. The molecule has 0 N–H and O–H groups in total. The van der Waals surface area contributed by atoms with Gasteiger partial charge in [-0.1, -0.05) is 13.0 Å². The Bertz CT molecular complexity index is 184. The van der Waals surface area contributed by atoms with Gasteiger partial charge < -0.3 is 0 Å². The first-order chi connectivity index (χ1) is 4.66. The van der Waals surface area contributed by atoms with E-state index in [0.717, 1.165) is 6.42 Å². The van der Waals surface area contributed by atoms with Crippen LogP contribution in [0.2, 0.25) is 0 Å². The molecule has 0 aromatic heterocycles. The van der Waals surface area contributed by atoms with Gasteiger partial charge in [0.15, 0.2) is 0 Å². The molecule has 0 saturated heterocycles. The summed E-state index contributed by atoms with van der Waals surface area (Å²) in [6.45, 7) is 6.51. The van der Waals surface area contributed by atoms with Crippen molar-refractivity contribution in [1.29, 1.82) is 0 Å². The third-order valence-corrected chi connectivity index (χ3v) is 2.79. The van der Waals surface area contributed by atoms with Crippen molar-refractivity contribution in [1.82, 2.24) is 0 Å². The lowest BCUT2D eigenvalue weighted by atomic mass is 10.1. The molecule has 1 rings (SSSR count). The summed E-state index contributed by atoms with van der Waals surface area (Å²) in [4.78, 5) is 0. The van der Waals surface area contributed by atoms with Crippen LogP contribution in [-0.2, 0) is 0 Å². The van der Waals surface area contributed by atoms with Crippen LogP contribution in [0.4, 0.5) is 0 Å². The van der Waals surface area contributed by atoms with Crippen LogP contribution in [0.15, 0.2) is 16.0 Å². The fraction of sp³-hybridized carbons (Fsp3) is 0.625. The first kappa shape index (κ1) is 7.86. The third-order valence-electron chi connectivity index (χ3n) is 1.75. The maximum Gasteiger partial charge on any atom is 0.0532 e. The third kappa shape index (κ3) is 1.63. The fourth-order valence-corrected chi connectivity index (χ4v) is 1.77. The Morgan fingerprint density at radius 2 is 2.40 bits per heavy atom. The minimum atomic E-state index is 0.249. The fourth-order valence-electron chi connectivity index (χ4n) is 0.942. The van der Waals surface area contributed by atoms with Crippen molar-refractivity contribution < 1.29 is 0 Å². The largest absolute Gasteiger partial charge is 0.223 e. The molecule has 56 valence electrons. The van der Waals surface area contributed by atoms with Crippen molar-refractivity contribution in [3.63, 3.8) is 0 Å². The van der Waals surface area contributed by atoms with Crippen LogP contribution < -0.4 is 0 Å². The zero-order valence-corrected chi connectivity index (χ0v) is 7.53. The van der Waals surface area contributed by atoms with Gasteiger partial charge in [0.05, 0.1) is 4.75 Å². The zero-order valence-electron chi connectivity index (χ0n) is 6.72. The monoisotopic (exact) mass is 155 g/mol. The predicted octanol–water partition coefficient (Wildman–Crippen LogP) is 2.83. The van der Waals surface area contributed by atoms with Crippen molar-refractivity contribution in [3.05, 3.63) is 11.6 Å². The van der Waals surface area contributed by atoms with E-state index in [4.69, 9.17) is 0 Å². The van der Waals surface area contributed by atoms with Crippen LogP contribution in [0.5, 0.6) is 0 Å². The summed E-state index contributed by atoms with van der Waals surface area (Å²) in [5.74, 6) is 0. The lowest BCUT2D eigenvalue weighted by Crippen LogP contribution is -2.17. The lowest BCUT2D eigenvalue weighted by molar-refractivity contribution is 0.751. The van der Waals surface area contributed by atoms with E-state index in [0.29, 0.717) is 0 Å². The smallest absolute Gasteiger partial charge is 0.0532 e. The molecule has 10 heavy (non-hydrogen) atoms. The Kier molecular flexibility index (Phi) is 2.19. The molecule has 0 saturated carbocycles. The van der Waals surface area contributed by atoms with Gasteiger partial charge >= 0.3 is 0 Å². The molecular weight excluding hydrogens is 142 g/mol. The molecule has 0 aliphatic carbocycles. The van der Waals surface area contributed by atoms with Gasteiger partial charge in [0.1, 0.15) is 0 Å². The van der Waals surface area contributed by atoms with Crippen molar-refractivity contribution in [2.24, 2.45) is 4.40 Å². The number of hydrogen-bond acceptors (Lipinski definition) is 2. The molecule has 2 heteroatoms. The van der Waals surface area contributed by atoms with E-state index in [9.17, 15) is 0 Å². The van der Waals surface area contributed by atoms with Gasteiger partial charge in [-0.3, -0.25) is 0 Å². The molecule has 1 atom stereocenters. The van der Waals surface area contributed by atoms with Crippen LogP contribution in [0.1, 0.15) is 27.2 Å². The highest BCUT2D eigenvalue weighted by Crippen LogP contribution is 2.34. The molecule has 1 nitrogen and oxygen atoms in total. The van der Waals surface area contributed by atoms with E-state index in [1.165, 1.54) is 5.57 Å². The highest BCUT2D eigenvalue weighted by molar-refractivity contribution is 7.99. The minimum Gasteiger partial charge on any atom is -0.223 e. The minimum absolute atomic E-state index is 0.249. The summed E-state index contributed by atoms with van der Waals surface area (Å²) in [6, 6.07) is 0. The van der Waals surface area contributed by atoms with Crippen LogP contribution in [0.3, 0.4) is 0 Å². The summed E-state index contributed by atoms with van der Waals surface area (Å²) >= 11 is 1.66. The summed E-state index contributed by atoms with van der Waals surface area (Å²) in [5, 5.41) is 0. The molecule has 0 fully saturated rings. The zero-order chi connectivity index (χ0) is 7.61. The van der Waals surface area contributed by atoms with Gasteiger partial charge in [-0.15, -0.1) is 0 Å². The molecule has 1 unspecified atom stereocenters. The Balaban J connectivity index is 2.76. The summed E-state index contributed by atoms with van der Waals surface area (Å²) in [5.41, 5.74) is 1.28. The molecule has 1 aliphatic rings. The Morgan fingerprint density at radius 3 is 2.80 bits per heavy atom. The van der Waals surface area contributed by atoms with Crippen molar-refractivity contribution >= 4 is 18.2 Å². The van der Waals surface area contributed by atoms with Crippen LogP contribution >= 0.6 is 11.9 Å². The summed E-state index contributed by atoms with van der Waals surface area (Å²) in [6.07, 6.45) is 5.35. The first-order valence-corrected chi connectivity index (χ1v) is 4.34. The van der Waals surface area contributed by atoms with Gasteiger partial charge in [-0.2, -0.15) is 0 Å². The highest BCUT2D eigenvalue weighted by Gasteiger charge is 2.21. The second-order valence-electron chi connectivity index (χ2n) is 2.88. The topological polar surface area (TPSA) is 12.4 Å². The Morgan fingerprint density at radius 1 is 1.70 bits per heavy atom. The van der Waals surface area contributed by atoms with Crippen molar-refractivity contribution in [2.45, 2.75) is 31.9 Å². The Labute approximate surface area is 66.8 Å². The first-order valence-electron chi connectivity index (χ1n) is 3.57. The molecule has 0 aromatic rings. The van der Waals surface area contributed by atoms with Crippen molar-refractivity contribution in [2.75, 3.05) is 0 Å². The maximum absolute atomic E-state index is 4.21. The van der Waals surface area contributed by atoms with Crippen LogP contribution in [-0.4, -0.2) is 11.0 Å². The molecule has 0 radical (unpaired) electrons. The summed E-state index contributed by atoms with van der Waals surface area (Å²) in [7, 11) is 0. The molecule has 0 aromatic carbocycles. The average molecular weight is 155 g/mol. The lowest BCUT2D eigenvalue weighted by Gasteiger charge is -2.23. The summed E-state index contributed by atoms with van der Waals surface area (Å²) < 4.78 is 4.45. The van der Waals surface area contributed by atoms with E-state index in [2.05, 4.69) is 31.2 Å². The molecule has 0 spiro atoms. The molecule has 0 amide bonds. The van der Waals surface area contributed by atoms with E-state index in [-0.39, 0.29) is 4.75 Å². The van der Waals surface area contributed by atoms with Crippen LogP contribution in [0.25, 0.3) is 0 Å². The second-order valence-corrected chi connectivity index (χ2v) is 4.21. The molecular formula is C8H13NS. The van der Waals surface area contributed by atoms with Gasteiger partial charge in [-0.25, -0.2) is 4.40 Å². The van der Waals surface area contributed by atoms with E-state index in [1.807, 2.05) is 6.21 Å². The normalized spacial score (nSPS) is 32.1. The number of rotatable bonds is 1. The molecule has 1 heterocycles. The second kappa shape index (κ2) is 2.79. The SMILES string of the molecule is CCC1(C)C=C(C)C=NS1. The van der Waals surface area contributed by atoms with Gasteiger partial charge in [0.25, 0.3) is 0 Å². The number of hydrogen-bond donors (Lipinski definition) is 0. The standard InChI is InChI=1S/C8H13NS/c1-4-8(3)5-7(2)6-9-10-8/h5-6H,4H2,1-3H3. The predicted molar refractivity (Wildman–Crippen MR) is 48.5 cm³/mol. The van der Waals surface area contributed by atoms with E-state index < -0.39 is 0 Å². The maximum atomic E-state index is 4.21. The van der Waals surface area contributed by atoms with Gasteiger partial charge in [-0.05, 0) is 37.8 Å². The van der Waals surface area contributed by atoms with E-state index >= 15 is 0 Å². The van der Waals surface area contributed by atoms with Crippen LogP contribution in [0, 0.1) is 0 Å². The molecule has 0 bridgehead atoms. The quantitative estimate of drug-likeness (QED) is 0.530. The highest BCUT2D eigenvalue weighted by atomic mass is 32.2. The average Bonchev–Trinajstić information content (AvgIpc) is 1.88. The molecule has 1 aliphatic heterocycles. The number of allylic oxidation sites excluding steroid dienone is 1. The van der Waals surface area contributed by atoms with Crippen molar-refractivity contribution in [3.8, 4) is 0 Å².